The molecule has 0 radical (unpaired) electrons. The summed E-state index contributed by atoms with van der Waals surface area (Å²) in [5.41, 5.74) is -0.276. The fourth-order valence-corrected chi connectivity index (χ4v) is 0.219. The molecule has 0 heterocycles. The van der Waals surface area contributed by atoms with Crippen molar-refractivity contribution in [2.45, 2.75) is 19.5 Å². The van der Waals surface area contributed by atoms with E-state index in [9.17, 15) is 4.79 Å². The minimum Gasteiger partial charge on any atom is -0.341 e. The number of carbonyl (C=O) groups is 1. The van der Waals surface area contributed by atoms with Gasteiger partial charge in [0.25, 0.3) is 0 Å². The molecular formula is C5H12N2O. The number of hydrogen-bond acceptors (Lipinski definition) is 2. The predicted octanol–water partition coefficient (Wildman–Crippen LogP) is -0.312. The van der Waals surface area contributed by atoms with Crippen LogP contribution in [0, 0.1) is 0 Å². The van der Waals surface area contributed by atoms with Crippen molar-refractivity contribution < 1.29 is 4.79 Å². The Morgan fingerprint density at radius 3 is 2.12 bits per heavy atom. The van der Waals surface area contributed by atoms with Crippen molar-refractivity contribution in [1.29, 1.82) is 0 Å². The molecule has 0 aromatic carbocycles. The molecule has 0 atom stereocenters. The number of nitrogens with one attached hydrogen (secondary N) is 2. The van der Waals surface area contributed by atoms with Crippen molar-refractivity contribution in [1.82, 2.24) is 10.6 Å². The smallest absolute Gasteiger partial charge is 0.208 e. The van der Waals surface area contributed by atoms with E-state index in [0.717, 1.165) is 0 Å². The largest absolute Gasteiger partial charge is 0.341 e. The van der Waals surface area contributed by atoms with Gasteiger partial charge in [-0.05, 0) is 20.9 Å². The Morgan fingerprint density at radius 2 is 2.00 bits per heavy atom. The maximum atomic E-state index is 9.83. The van der Waals surface area contributed by atoms with Crippen LogP contribution in [0.1, 0.15) is 13.8 Å². The Morgan fingerprint density at radius 1 is 1.50 bits per heavy atom. The second kappa shape index (κ2) is 2.67. The molecule has 3 heteroatoms. The lowest BCUT2D eigenvalue weighted by atomic mass is 10.2. The second-order valence-electron chi connectivity index (χ2n) is 2.14. The molecule has 0 aromatic heterocycles. The van der Waals surface area contributed by atoms with E-state index < -0.39 is 0 Å². The first kappa shape index (κ1) is 7.43. The Bertz CT molecular complexity index is 80.5. The highest BCUT2D eigenvalue weighted by atomic mass is 16.1. The third-order valence-corrected chi connectivity index (χ3v) is 1.04. The van der Waals surface area contributed by atoms with Crippen LogP contribution >= 0.6 is 0 Å². The topological polar surface area (TPSA) is 41.1 Å². The second-order valence-corrected chi connectivity index (χ2v) is 2.14. The van der Waals surface area contributed by atoms with Crippen LogP contribution in [0.25, 0.3) is 0 Å². The fraction of sp³-hybridized carbons (Fsp3) is 0.800. The zero-order valence-corrected chi connectivity index (χ0v) is 5.49. The van der Waals surface area contributed by atoms with E-state index in [1.54, 1.807) is 7.05 Å². The highest BCUT2D eigenvalue weighted by molar-refractivity contribution is 5.47. The van der Waals surface area contributed by atoms with Gasteiger partial charge in [0.05, 0.1) is 5.66 Å². The average molecular weight is 116 g/mol. The Labute approximate surface area is 49.5 Å². The zero-order chi connectivity index (χ0) is 6.62. The van der Waals surface area contributed by atoms with Crippen LogP contribution in [-0.2, 0) is 4.79 Å². The molecule has 0 spiro atoms. The normalized spacial score (nSPS) is 10.9. The van der Waals surface area contributed by atoms with Crippen LogP contribution in [-0.4, -0.2) is 19.1 Å². The van der Waals surface area contributed by atoms with Gasteiger partial charge in [0.1, 0.15) is 0 Å². The van der Waals surface area contributed by atoms with Gasteiger partial charge in [-0.15, -0.1) is 0 Å². The summed E-state index contributed by atoms with van der Waals surface area (Å²) in [5.74, 6) is 0. The summed E-state index contributed by atoms with van der Waals surface area (Å²) in [4.78, 5) is 9.83. The molecule has 1 amide bonds. The lowest BCUT2D eigenvalue weighted by Gasteiger charge is -2.22. The quantitative estimate of drug-likeness (QED) is 0.392. The number of hydrogen-bond donors (Lipinski definition) is 2. The van der Waals surface area contributed by atoms with E-state index in [4.69, 9.17) is 0 Å². The van der Waals surface area contributed by atoms with Gasteiger partial charge < -0.3 is 5.32 Å². The SMILES string of the molecule is CNC(C)(C)NC=O. The van der Waals surface area contributed by atoms with Crippen molar-refractivity contribution in [2.24, 2.45) is 0 Å². The van der Waals surface area contributed by atoms with Crippen LogP contribution in [0.2, 0.25) is 0 Å². The molecule has 8 heavy (non-hydrogen) atoms. The maximum absolute atomic E-state index is 9.83. The Hall–Kier alpha value is -0.570. The van der Waals surface area contributed by atoms with Gasteiger partial charge in [-0.2, -0.15) is 0 Å². The van der Waals surface area contributed by atoms with Crippen LogP contribution < -0.4 is 10.6 Å². The molecule has 0 fully saturated rings. The van der Waals surface area contributed by atoms with Crippen molar-refractivity contribution in [3.8, 4) is 0 Å². The van der Waals surface area contributed by atoms with Crippen molar-refractivity contribution in [3.63, 3.8) is 0 Å². The van der Waals surface area contributed by atoms with Crippen LogP contribution in [0.4, 0.5) is 0 Å². The zero-order valence-electron chi connectivity index (χ0n) is 5.49. The van der Waals surface area contributed by atoms with Gasteiger partial charge in [-0.1, -0.05) is 0 Å². The van der Waals surface area contributed by atoms with E-state index in [-0.39, 0.29) is 5.66 Å². The summed E-state index contributed by atoms with van der Waals surface area (Å²) in [6.07, 6.45) is 0.677. The Balaban J connectivity index is 3.53. The third kappa shape index (κ3) is 2.58. The first-order valence-corrected chi connectivity index (χ1v) is 2.52. The first-order chi connectivity index (χ1) is 3.62. The van der Waals surface area contributed by atoms with E-state index in [0.29, 0.717) is 6.41 Å². The number of rotatable bonds is 3. The molecule has 0 unspecified atom stereocenters. The summed E-state index contributed by atoms with van der Waals surface area (Å²) in [7, 11) is 1.79. The molecule has 2 N–H and O–H groups in total. The minimum atomic E-state index is -0.276. The first-order valence-electron chi connectivity index (χ1n) is 2.52. The van der Waals surface area contributed by atoms with E-state index in [2.05, 4.69) is 10.6 Å². The molecule has 0 saturated heterocycles. The average Bonchev–Trinajstić information content (AvgIpc) is 1.67. The molecule has 0 aromatic rings. The Kier molecular flexibility index (Phi) is 2.48. The van der Waals surface area contributed by atoms with Gasteiger partial charge in [-0.3, -0.25) is 10.1 Å². The molecular weight excluding hydrogens is 104 g/mol. The lowest BCUT2D eigenvalue weighted by molar-refractivity contribution is -0.111. The maximum Gasteiger partial charge on any atom is 0.208 e. The van der Waals surface area contributed by atoms with E-state index in [1.165, 1.54) is 0 Å². The van der Waals surface area contributed by atoms with Gasteiger partial charge >= 0.3 is 0 Å². The minimum absolute atomic E-state index is 0.276. The predicted molar refractivity (Wildman–Crippen MR) is 32.3 cm³/mol. The van der Waals surface area contributed by atoms with Crippen LogP contribution in [0.3, 0.4) is 0 Å². The fourth-order valence-electron chi connectivity index (χ4n) is 0.219. The number of amides is 1. The summed E-state index contributed by atoms with van der Waals surface area (Å²) in [5, 5.41) is 5.48. The molecule has 0 saturated carbocycles. The van der Waals surface area contributed by atoms with Gasteiger partial charge in [-0.25, -0.2) is 0 Å². The van der Waals surface area contributed by atoms with Gasteiger partial charge in [0, 0.05) is 0 Å². The summed E-state index contributed by atoms with van der Waals surface area (Å²) in [6.45, 7) is 3.75. The monoisotopic (exact) mass is 116 g/mol. The molecule has 0 aliphatic heterocycles. The van der Waals surface area contributed by atoms with E-state index >= 15 is 0 Å². The summed E-state index contributed by atoms with van der Waals surface area (Å²) in [6, 6.07) is 0. The van der Waals surface area contributed by atoms with Crippen molar-refractivity contribution in [3.05, 3.63) is 0 Å². The standard InChI is InChI=1S/C5H12N2O/c1-5(2,6-3)7-4-8/h4,6H,1-3H3,(H,7,8). The molecule has 0 rings (SSSR count). The van der Waals surface area contributed by atoms with Crippen LogP contribution in [0.15, 0.2) is 0 Å². The van der Waals surface area contributed by atoms with Gasteiger partial charge in [0.2, 0.25) is 6.41 Å². The summed E-state index contributed by atoms with van der Waals surface area (Å²) >= 11 is 0. The molecule has 0 bridgehead atoms. The highest BCUT2D eigenvalue weighted by Gasteiger charge is 2.10. The molecule has 0 aliphatic rings. The molecule has 0 aliphatic carbocycles. The van der Waals surface area contributed by atoms with E-state index in [1.807, 2.05) is 13.8 Å². The highest BCUT2D eigenvalue weighted by Crippen LogP contribution is 1.89. The molecule has 48 valence electrons. The van der Waals surface area contributed by atoms with Crippen molar-refractivity contribution in [2.75, 3.05) is 7.05 Å². The lowest BCUT2D eigenvalue weighted by Crippen LogP contribution is -2.49. The van der Waals surface area contributed by atoms with Gasteiger partial charge in [0.15, 0.2) is 0 Å². The number of carbonyl (C=O) groups excluding carboxylic acids is 1. The summed E-state index contributed by atoms with van der Waals surface area (Å²) < 4.78 is 0. The third-order valence-electron chi connectivity index (χ3n) is 1.04. The van der Waals surface area contributed by atoms with Crippen molar-refractivity contribution >= 4 is 6.41 Å². The van der Waals surface area contributed by atoms with Crippen LogP contribution in [0.5, 0.6) is 0 Å². The molecule has 3 nitrogen and oxygen atoms in total.